The number of aromatic nitrogens is 1. The topological polar surface area (TPSA) is 120 Å². The standard InChI is InChI=1S/C19H18F2N4O3S/c1-28-19-17(11-5-3-2-4-6-11)18(16(22)10-25-19)24-9-13-14(20)7-12(8-15(13)21)29(23,26)27/h2-8,10H,9,22H2,1H3,(H,24,25)(H2,23,26,27). The van der Waals surface area contributed by atoms with Crippen LogP contribution in [0.1, 0.15) is 5.56 Å². The van der Waals surface area contributed by atoms with Crippen molar-refractivity contribution in [3.63, 3.8) is 0 Å². The second kappa shape index (κ2) is 8.02. The highest BCUT2D eigenvalue weighted by Gasteiger charge is 2.20. The van der Waals surface area contributed by atoms with E-state index in [2.05, 4.69) is 10.3 Å². The molecule has 0 spiro atoms. The summed E-state index contributed by atoms with van der Waals surface area (Å²) in [6.07, 6.45) is 1.37. The number of hydrogen-bond acceptors (Lipinski definition) is 6. The molecule has 2 aromatic carbocycles. The molecule has 0 aliphatic heterocycles. The number of primary sulfonamides is 1. The Morgan fingerprint density at radius 2 is 1.76 bits per heavy atom. The zero-order valence-corrected chi connectivity index (χ0v) is 16.1. The molecule has 3 aromatic rings. The molecular formula is C19H18F2N4O3S. The molecule has 0 bridgehead atoms. The average Bonchev–Trinajstić information content (AvgIpc) is 2.68. The number of hydrogen-bond donors (Lipinski definition) is 3. The number of anilines is 2. The van der Waals surface area contributed by atoms with E-state index in [9.17, 15) is 17.2 Å². The van der Waals surface area contributed by atoms with Crippen LogP contribution in [0.15, 0.2) is 53.6 Å². The van der Waals surface area contributed by atoms with Crippen LogP contribution in [0.25, 0.3) is 11.1 Å². The summed E-state index contributed by atoms with van der Waals surface area (Å²) in [7, 11) is -2.79. The lowest BCUT2D eigenvalue weighted by molar-refractivity contribution is 0.400. The third kappa shape index (κ3) is 4.28. The molecule has 0 atom stereocenters. The lowest BCUT2D eigenvalue weighted by Crippen LogP contribution is -2.15. The van der Waals surface area contributed by atoms with Crippen molar-refractivity contribution in [1.82, 2.24) is 4.98 Å². The Balaban J connectivity index is 2.02. The van der Waals surface area contributed by atoms with Gasteiger partial charge in [0.15, 0.2) is 0 Å². The van der Waals surface area contributed by atoms with Crippen LogP contribution in [-0.4, -0.2) is 20.5 Å². The van der Waals surface area contributed by atoms with Gasteiger partial charge in [-0.1, -0.05) is 30.3 Å². The fourth-order valence-corrected chi connectivity index (χ4v) is 3.35. The van der Waals surface area contributed by atoms with Crippen molar-refractivity contribution in [2.24, 2.45) is 5.14 Å². The highest BCUT2D eigenvalue weighted by Crippen LogP contribution is 2.39. The highest BCUT2D eigenvalue weighted by atomic mass is 32.2. The van der Waals surface area contributed by atoms with Crippen LogP contribution >= 0.6 is 0 Å². The molecule has 5 N–H and O–H groups in total. The number of methoxy groups -OCH3 is 1. The Bertz CT molecular complexity index is 1130. The summed E-state index contributed by atoms with van der Waals surface area (Å²) in [5.74, 6) is -1.83. The molecule has 0 fully saturated rings. The Morgan fingerprint density at radius 3 is 2.31 bits per heavy atom. The van der Waals surface area contributed by atoms with Crippen LogP contribution in [0.2, 0.25) is 0 Å². The van der Waals surface area contributed by atoms with Gasteiger partial charge in [-0.25, -0.2) is 27.3 Å². The molecule has 0 amide bonds. The van der Waals surface area contributed by atoms with Crippen LogP contribution in [0, 0.1) is 11.6 Å². The van der Waals surface area contributed by atoms with Gasteiger partial charge in [-0.3, -0.25) is 0 Å². The maximum Gasteiger partial charge on any atom is 0.238 e. The number of ether oxygens (including phenoxy) is 1. The molecule has 0 aliphatic rings. The third-order valence-electron chi connectivity index (χ3n) is 4.21. The quantitative estimate of drug-likeness (QED) is 0.564. The summed E-state index contributed by atoms with van der Waals surface area (Å²) in [6.45, 7) is -0.306. The monoisotopic (exact) mass is 420 g/mol. The summed E-state index contributed by atoms with van der Waals surface area (Å²) < 4.78 is 56.7. The normalized spacial score (nSPS) is 11.3. The van der Waals surface area contributed by atoms with Crippen molar-refractivity contribution < 1.29 is 21.9 Å². The first-order chi connectivity index (χ1) is 13.7. The second-order valence-electron chi connectivity index (χ2n) is 6.10. The van der Waals surface area contributed by atoms with Crippen LogP contribution < -0.4 is 20.9 Å². The molecule has 0 unspecified atom stereocenters. The molecule has 7 nitrogen and oxygen atoms in total. The summed E-state index contributed by atoms with van der Waals surface area (Å²) in [5, 5.41) is 7.84. The van der Waals surface area contributed by atoms with Crippen LogP contribution in [0.4, 0.5) is 20.2 Å². The van der Waals surface area contributed by atoms with E-state index in [0.717, 1.165) is 5.56 Å². The highest BCUT2D eigenvalue weighted by molar-refractivity contribution is 7.89. The number of nitrogens with one attached hydrogen (secondary N) is 1. The zero-order chi connectivity index (χ0) is 21.2. The van der Waals surface area contributed by atoms with Crippen molar-refractivity contribution >= 4 is 21.4 Å². The Morgan fingerprint density at radius 1 is 1.14 bits per heavy atom. The second-order valence-corrected chi connectivity index (χ2v) is 7.66. The summed E-state index contributed by atoms with van der Waals surface area (Å²) in [4.78, 5) is 3.50. The van der Waals surface area contributed by atoms with E-state index < -0.39 is 26.6 Å². The predicted octanol–water partition coefficient (Wildman–Crippen LogP) is 2.88. The van der Waals surface area contributed by atoms with Gasteiger partial charge in [0, 0.05) is 12.1 Å². The number of nitrogen functional groups attached to an aromatic ring is 1. The maximum atomic E-state index is 14.3. The molecular weight excluding hydrogens is 402 g/mol. The number of nitrogens with two attached hydrogens (primary N) is 2. The zero-order valence-electron chi connectivity index (χ0n) is 15.3. The molecule has 29 heavy (non-hydrogen) atoms. The third-order valence-corrected chi connectivity index (χ3v) is 5.11. The van der Waals surface area contributed by atoms with E-state index >= 15 is 0 Å². The summed E-state index contributed by atoms with van der Waals surface area (Å²) >= 11 is 0. The largest absolute Gasteiger partial charge is 0.480 e. The smallest absolute Gasteiger partial charge is 0.238 e. The number of sulfonamides is 1. The molecule has 1 heterocycles. The number of nitrogens with zero attached hydrogens (tertiary/aromatic N) is 1. The fraction of sp³-hybridized carbons (Fsp3) is 0.105. The van der Waals surface area contributed by atoms with Crippen LogP contribution in [0.3, 0.4) is 0 Å². The van der Waals surface area contributed by atoms with Gasteiger partial charge < -0.3 is 15.8 Å². The van der Waals surface area contributed by atoms with Gasteiger partial charge in [0.25, 0.3) is 0 Å². The van der Waals surface area contributed by atoms with Crippen molar-refractivity contribution in [2.45, 2.75) is 11.4 Å². The van der Waals surface area contributed by atoms with E-state index in [1.165, 1.54) is 13.3 Å². The van der Waals surface area contributed by atoms with Gasteiger partial charge in [-0.05, 0) is 17.7 Å². The molecule has 3 rings (SSSR count). The lowest BCUT2D eigenvalue weighted by Gasteiger charge is -2.17. The molecule has 1 aromatic heterocycles. The number of pyridine rings is 1. The van der Waals surface area contributed by atoms with Crippen LogP contribution in [0.5, 0.6) is 5.88 Å². The average molecular weight is 420 g/mol. The van der Waals surface area contributed by atoms with Gasteiger partial charge in [-0.2, -0.15) is 0 Å². The fourth-order valence-electron chi connectivity index (χ4n) is 2.82. The van der Waals surface area contributed by atoms with Gasteiger partial charge in [0.1, 0.15) is 11.6 Å². The molecule has 0 radical (unpaired) electrons. The molecule has 0 saturated carbocycles. The minimum atomic E-state index is -4.24. The van der Waals surface area contributed by atoms with Crippen LogP contribution in [-0.2, 0) is 16.6 Å². The van der Waals surface area contributed by atoms with Crippen molar-refractivity contribution in [3.8, 4) is 17.0 Å². The molecule has 10 heteroatoms. The Kier molecular flexibility index (Phi) is 5.66. The predicted molar refractivity (Wildman–Crippen MR) is 106 cm³/mol. The first-order valence-electron chi connectivity index (χ1n) is 8.35. The first kappa shape index (κ1) is 20.5. The van der Waals surface area contributed by atoms with E-state index in [1.807, 2.05) is 30.3 Å². The van der Waals surface area contributed by atoms with Crippen molar-refractivity contribution in [1.29, 1.82) is 0 Å². The summed E-state index contributed by atoms with van der Waals surface area (Å²) in [5.41, 5.74) is 7.54. The van der Waals surface area contributed by atoms with Crippen molar-refractivity contribution in [2.75, 3.05) is 18.2 Å². The number of halogens is 2. The maximum absolute atomic E-state index is 14.3. The van der Waals surface area contributed by atoms with Crippen molar-refractivity contribution in [3.05, 3.63) is 65.9 Å². The van der Waals surface area contributed by atoms with Gasteiger partial charge in [0.05, 0.1) is 35.1 Å². The molecule has 152 valence electrons. The van der Waals surface area contributed by atoms with Gasteiger partial charge >= 0.3 is 0 Å². The van der Waals surface area contributed by atoms with E-state index in [1.54, 1.807) is 0 Å². The van der Waals surface area contributed by atoms with Gasteiger partial charge in [-0.15, -0.1) is 0 Å². The van der Waals surface area contributed by atoms with E-state index in [-0.39, 0.29) is 23.7 Å². The Labute approximate surface area is 166 Å². The van der Waals surface area contributed by atoms with E-state index in [4.69, 9.17) is 15.6 Å². The lowest BCUT2D eigenvalue weighted by atomic mass is 10.0. The first-order valence-corrected chi connectivity index (χ1v) is 9.89. The molecule has 0 saturated heterocycles. The van der Waals surface area contributed by atoms with Gasteiger partial charge in [0.2, 0.25) is 15.9 Å². The molecule has 0 aliphatic carbocycles. The Hall–Kier alpha value is -3.24. The SMILES string of the molecule is COc1ncc(N)c(NCc2c(F)cc(S(N)(=O)=O)cc2F)c1-c1ccccc1. The minimum absolute atomic E-state index is 0.242. The minimum Gasteiger partial charge on any atom is -0.480 e. The number of benzene rings is 2. The summed E-state index contributed by atoms with van der Waals surface area (Å²) in [6, 6.07) is 10.4. The number of rotatable bonds is 6. The van der Waals surface area contributed by atoms with E-state index in [0.29, 0.717) is 23.4 Å².